The number of rotatable bonds is 3. The number of nitrogens with one attached hydrogen (secondary N) is 2. The Kier molecular flexibility index (Phi) is 4.62. The van der Waals surface area contributed by atoms with Crippen molar-refractivity contribution < 1.29 is 9.53 Å². The number of benzene rings is 1. The molecule has 120 valence electrons. The van der Waals surface area contributed by atoms with Gasteiger partial charge in [-0.1, -0.05) is 0 Å². The maximum absolute atomic E-state index is 11.3. The Labute approximate surface area is 133 Å². The highest BCUT2D eigenvalue weighted by Gasteiger charge is 2.14. The van der Waals surface area contributed by atoms with E-state index < -0.39 is 0 Å². The molecule has 8 heteroatoms. The molecule has 0 atom stereocenters. The van der Waals surface area contributed by atoms with Crippen molar-refractivity contribution in [2.24, 2.45) is 0 Å². The summed E-state index contributed by atoms with van der Waals surface area (Å²) in [7, 11) is 1.57. The molecular formula is C15H18N6O2. The van der Waals surface area contributed by atoms with Gasteiger partial charge in [-0.25, -0.2) is 14.8 Å². The zero-order valence-corrected chi connectivity index (χ0v) is 12.8. The Bertz CT molecular complexity index is 670. The molecule has 2 amide bonds. The van der Waals surface area contributed by atoms with Crippen LogP contribution in [0.1, 0.15) is 0 Å². The Morgan fingerprint density at radius 3 is 2.61 bits per heavy atom. The van der Waals surface area contributed by atoms with Gasteiger partial charge in [-0.2, -0.15) is 4.98 Å². The number of ether oxygens (including phenoxy) is 1. The summed E-state index contributed by atoms with van der Waals surface area (Å²) in [6.07, 6.45) is 1.52. The second kappa shape index (κ2) is 7.01. The number of aromatic nitrogens is 3. The molecule has 0 radical (unpaired) electrons. The van der Waals surface area contributed by atoms with Crippen molar-refractivity contribution in [3.05, 3.63) is 30.6 Å². The number of hydrogen-bond acceptors (Lipinski definition) is 6. The summed E-state index contributed by atoms with van der Waals surface area (Å²) >= 11 is 0. The van der Waals surface area contributed by atoms with Gasteiger partial charge in [0.2, 0.25) is 5.95 Å². The number of carbonyl (C=O) groups is 1. The summed E-state index contributed by atoms with van der Waals surface area (Å²) in [5, 5.41) is 5.21. The van der Waals surface area contributed by atoms with Crippen molar-refractivity contribution in [2.45, 2.75) is 0 Å². The van der Waals surface area contributed by atoms with Crippen LogP contribution in [0.5, 0.6) is 0 Å². The number of hydrogen-bond donors (Lipinski definition) is 2. The van der Waals surface area contributed by atoms with Crippen molar-refractivity contribution in [2.75, 3.05) is 43.6 Å². The maximum atomic E-state index is 11.3. The summed E-state index contributed by atoms with van der Waals surface area (Å²) in [4.78, 5) is 26.4. The van der Waals surface area contributed by atoms with Crippen LogP contribution in [0, 0.1) is 0 Å². The van der Waals surface area contributed by atoms with Gasteiger partial charge >= 0.3 is 6.03 Å². The van der Waals surface area contributed by atoms with Gasteiger partial charge in [0.15, 0.2) is 5.82 Å². The first-order valence-electron chi connectivity index (χ1n) is 7.37. The topological polar surface area (TPSA) is 92.3 Å². The number of nitrogens with zero attached hydrogens (tertiary/aromatic N) is 4. The fourth-order valence-electron chi connectivity index (χ4n) is 2.24. The second-order valence-corrected chi connectivity index (χ2v) is 4.99. The molecule has 1 aliphatic rings. The monoisotopic (exact) mass is 314 g/mol. The smallest absolute Gasteiger partial charge is 0.318 e. The van der Waals surface area contributed by atoms with E-state index in [0.29, 0.717) is 30.7 Å². The van der Waals surface area contributed by atoms with E-state index in [4.69, 9.17) is 4.74 Å². The zero-order valence-electron chi connectivity index (χ0n) is 12.8. The first-order valence-corrected chi connectivity index (χ1v) is 7.37. The average Bonchev–Trinajstić information content (AvgIpc) is 2.63. The highest BCUT2D eigenvalue weighted by atomic mass is 16.5. The molecule has 1 fully saturated rings. The van der Waals surface area contributed by atoms with Crippen LogP contribution < -0.4 is 15.5 Å². The van der Waals surface area contributed by atoms with Crippen LogP contribution in [0.15, 0.2) is 30.6 Å². The minimum absolute atomic E-state index is 0.257. The first-order chi connectivity index (χ1) is 11.3. The van der Waals surface area contributed by atoms with Gasteiger partial charge in [0.05, 0.1) is 13.2 Å². The number of carbonyl (C=O) groups excluding carboxylic acids is 1. The number of morpholine rings is 1. The third-order valence-corrected chi connectivity index (χ3v) is 3.48. The molecule has 2 N–H and O–H groups in total. The third kappa shape index (κ3) is 3.72. The molecule has 0 saturated carbocycles. The summed E-state index contributed by atoms with van der Waals surface area (Å²) in [6, 6.07) is 7.09. The highest BCUT2D eigenvalue weighted by Crippen LogP contribution is 2.19. The fourth-order valence-corrected chi connectivity index (χ4v) is 2.24. The van der Waals surface area contributed by atoms with Gasteiger partial charge in [0, 0.05) is 31.4 Å². The summed E-state index contributed by atoms with van der Waals surface area (Å²) < 4.78 is 5.34. The maximum Gasteiger partial charge on any atom is 0.318 e. The van der Waals surface area contributed by atoms with Gasteiger partial charge in [0.1, 0.15) is 6.33 Å². The molecule has 2 heterocycles. The largest absolute Gasteiger partial charge is 0.378 e. The van der Waals surface area contributed by atoms with Crippen molar-refractivity contribution >= 4 is 17.7 Å². The normalized spacial score (nSPS) is 14.4. The zero-order chi connectivity index (χ0) is 16.1. The lowest BCUT2D eigenvalue weighted by atomic mass is 10.2. The van der Waals surface area contributed by atoms with E-state index in [1.54, 1.807) is 7.05 Å². The van der Waals surface area contributed by atoms with Gasteiger partial charge < -0.3 is 20.3 Å². The molecule has 1 aromatic heterocycles. The van der Waals surface area contributed by atoms with Gasteiger partial charge in [-0.15, -0.1) is 0 Å². The van der Waals surface area contributed by atoms with Crippen LogP contribution >= 0.6 is 0 Å². The molecule has 0 aliphatic carbocycles. The van der Waals surface area contributed by atoms with Gasteiger partial charge in [0.25, 0.3) is 0 Å². The number of urea groups is 1. The minimum atomic E-state index is -0.257. The van der Waals surface area contributed by atoms with Crippen LogP contribution in [-0.4, -0.2) is 54.3 Å². The molecular weight excluding hydrogens is 296 g/mol. The molecule has 1 aromatic carbocycles. The third-order valence-electron chi connectivity index (χ3n) is 3.48. The molecule has 0 bridgehead atoms. The predicted octanol–water partition coefficient (Wildman–Crippen LogP) is 1.13. The van der Waals surface area contributed by atoms with Crippen LogP contribution in [0.25, 0.3) is 11.4 Å². The van der Waals surface area contributed by atoms with Crippen LogP contribution in [0.4, 0.5) is 16.4 Å². The van der Waals surface area contributed by atoms with E-state index in [0.717, 1.165) is 18.7 Å². The molecule has 2 aromatic rings. The van der Waals surface area contributed by atoms with E-state index in [-0.39, 0.29) is 6.03 Å². The van der Waals surface area contributed by atoms with Crippen molar-refractivity contribution in [1.82, 2.24) is 20.3 Å². The molecule has 0 spiro atoms. The summed E-state index contributed by atoms with van der Waals surface area (Å²) in [5.41, 5.74) is 1.57. The fraction of sp³-hybridized carbons (Fsp3) is 0.333. The van der Waals surface area contributed by atoms with E-state index >= 15 is 0 Å². The van der Waals surface area contributed by atoms with Crippen LogP contribution in [0.2, 0.25) is 0 Å². The summed E-state index contributed by atoms with van der Waals surface area (Å²) in [6.45, 7) is 2.92. The predicted molar refractivity (Wildman–Crippen MR) is 86.4 cm³/mol. The molecule has 8 nitrogen and oxygen atoms in total. The Balaban J connectivity index is 1.77. The second-order valence-electron chi connectivity index (χ2n) is 4.99. The number of amides is 2. The van der Waals surface area contributed by atoms with E-state index in [2.05, 4.69) is 30.5 Å². The lowest BCUT2D eigenvalue weighted by Crippen LogP contribution is -2.37. The first kappa shape index (κ1) is 15.2. The van der Waals surface area contributed by atoms with Crippen molar-refractivity contribution in [3.63, 3.8) is 0 Å². The van der Waals surface area contributed by atoms with E-state index in [1.165, 1.54) is 6.33 Å². The Morgan fingerprint density at radius 2 is 1.91 bits per heavy atom. The average molecular weight is 314 g/mol. The van der Waals surface area contributed by atoms with Crippen LogP contribution in [-0.2, 0) is 4.74 Å². The lowest BCUT2D eigenvalue weighted by molar-refractivity contribution is 0.122. The highest BCUT2D eigenvalue weighted by molar-refractivity contribution is 5.89. The van der Waals surface area contributed by atoms with E-state index in [9.17, 15) is 4.79 Å². The van der Waals surface area contributed by atoms with Crippen molar-refractivity contribution in [1.29, 1.82) is 0 Å². The molecule has 1 saturated heterocycles. The molecule has 1 aliphatic heterocycles. The lowest BCUT2D eigenvalue weighted by Gasteiger charge is -2.26. The standard InChI is InChI=1S/C15H18N6O2/c1-16-15(22)19-12-4-2-11(3-5-12)13-17-10-18-14(20-13)21-6-8-23-9-7-21/h2-5,10H,6-9H2,1H3,(H2,16,19,22). The van der Waals surface area contributed by atoms with Gasteiger partial charge in [-0.3, -0.25) is 0 Å². The number of anilines is 2. The van der Waals surface area contributed by atoms with Gasteiger partial charge in [-0.05, 0) is 24.3 Å². The molecule has 0 unspecified atom stereocenters. The van der Waals surface area contributed by atoms with Crippen LogP contribution in [0.3, 0.4) is 0 Å². The minimum Gasteiger partial charge on any atom is -0.378 e. The van der Waals surface area contributed by atoms with Crippen molar-refractivity contribution in [3.8, 4) is 11.4 Å². The quantitative estimate of drug-likeness (QED) is 0.882. The Hall–Kier alpha value is -2.74. The molecule has 3 rings (SSSR count). The Morgan fingerprint density at radius 1 is 1.17 bits per heavy atom. The van der Waals surface area contributed by atoms with E-state index in [1.807, 2.05) is 24.3 Å². The summed E-state index contributed by atoms with van der Waals surface area (Å²) in [5.74, 6) is 1.26. The SMILES string of the molecule is CNC(=O)Nc1ccc(-c2ncnc(N3CCOCC3)n2)cc1. The molecule has 23 heavy (non-hydrogen) atoms.